The van der Waals surface area contributed by atoms with Crippen molar-refractivity contribution in [1.82, 2.24) is 5.01 Å². The Balaban J connectivity index is 3.26. The Morgan fingerprint density at radius 2 is 2.09 bits per heavy atom. The van der Waals surface area contributed by atoms with Crippen LogP contribution in [0.3, 0.4) is 0 Å². The second-order valence-electron chi connectivity index (χ2n) is 3.24. The predicted octanol–water partition coefficient (Wildman–Crippen LogP) is 2.36. The maximum Gasteiger partial charge on any atom is 0.0245 e. The van der Waals surface area contributed by atoms with Crippen LogP contribution in [0.2, 0.25) is 0 Å². The highest BCUT2D eigenvalue weighted by Gasteiger charge is 1.95. The van der Waals surface area contributed by atoms with Crippen LogP contribution in [0.25, 0.3) is 0 Å². The Morgan fingerprint density at radius 3 is 2.55 bits per heavy atom. The van der Waals surface area contributed by atoms with Crippen LogP contribution in [0.4, 0.5) is 0 Å². The van der Waals surface area contributed by atoms with Crippen LogP contribution in [0.1, 0.15) is 33.1 Å². The molecule has 0 aliphatic heterocycles. The average molecular weight is 156 g/mol. The third kappa shape index (κ3) is 7.37. The van der Waals surface area contributed by atoms with Crippen molar-refractivity contribution < 1.29 is 0 Å². The molecule has 0 aromatic carbocycles. The fourth-order valence-electron chi connectivity index (χ4n) is 0.784. The van der Waals surface area contributed by atoms with Gasteiger partial charge in [0.1, 0.15) is 0 Å². The summed E-state index contributed by atoms with van der Waals surface area (Å²) in [6, 6.07) is 0. The van der Waals surface area contributed by atoms with Crippen molar-refractivity contribution in [2.24, 2.45) is 11.0 Å². The summed E-state index contributed by atoms with van der Waals surface area (Å²) >= 11 is 0. The van der Waals surface area contributed by atoms with Crippen LogP contribution in [0, 0.1) is 5.92 Å². The van der Waals surface area contributed by atoms with Crippen molar-refractivity contribution in [3.8, 4) is 0 Å². The molecule has 0 saturated heterocycles. The maximum absolute atomic E-state index is 4.14. The van der Waals surface area contributed by atoms with Crippen LogP contribution in [0.15, 0.2) is 5.10 Å². The lowest BCUT2D eigenvalue weighted by molar-refractivity contribution is 0.437. The van der Waals surface area contributed by atoms with E-state index >= 15 is 0 Å². The molecule has 0 saturated carbocycles. The summed E-state index contributed by atoms with van der Waals surface area (Å²) in [6.07, 6.45) is 5.63. The molecule has 1 atom stereocenters. The number of hydrazone groups is 1. The lowest BCUT2D eigenvalue weighted by Crippen LogP contribution is -2.02. The maximum atomic E-state index is 4.14. The normalized spacial score (nSPS) is 13.8. The van der Waals surface area contributed by atoms with Gasteiger partial charge in [0.15, 0.2) is 0 Å². The average Bonchev–Trinajstić information content (AvgIpc) is 1.97. The summed E-state index contributed by atoms with van der Waals surface area (Å²) in [4.78, 5) is 0. The first-order chi connectivity index (χ1) is 5.16. The van der Waals surface area contributed by atoms with E-state index in [4.69, 9.17) is 0 Å². The van der Waals surface area contributed by atoms with Crippen LogP contribution in [0.5, 0.6) is 0 Å². The second-order valence-corrected chi connectivity index (χ2v) is 3.24. The van der Waals surface area contributed by atoms with Gasteiger partial charge in [0.2, 0.25) is 0 Å². The number of hydrogen-bond acceptors (Lipinski definition) is 2. The first kappa shape index (κ1) is 10.5. The van der Waals surface area contributed by atoms with Crippen LogP contribution in [-0.2, 0) is 0 Å². The Morgan fingerprint density at radius 1 is 1.45 bits per heavy atom. The molecule has 2 heteroatoms. The van der Waals surface area contributed by atoms with Crippen LogP contribution in [-0.4, -0.2) is 25.3 Å². The van der Waals surface area contributed by atoms with Crippen molar-refractivity contribution in [2.45, 2.75) is 33.1 Å². The Labute approximate surface area is 70.3 Å². The van der Waals surface area contributed by atoms with E-state index < -0.39 is 0 Å². The number of hydrogen-bond donors (Lipinski definition) is 0. The molecule has 0 aromatic rings. The van der Waals surface area contributed by atoms with Crippen molar-refractivity contribution >= 4 is 6.21 Å². The number of nitrogens with zero attached hydrogens (tertiary/aromatic N) is 2. The van der Waals surface area contributed by atoms with Crippen molar-refractivity contribution in [3.05, 3.63) is 0 Å². The molecule has 0 radical (unpaired) electrons. The third-order valence-electron chi connectivity index (χ3n) is 1.80. The lowest BCUT2D eigenvalue weighted by atomic mass is 10.0. The highest BCUT2D eigenvalue weighted by atomic mass is 15.4. The van der Waals surface area contributed by atoms with E-state index in [1.54, 1.807) is 0 Å². The summed E-state index contributed by atoms with van der Waals surface area (Å²) < 4.78 is 0. The zero-order valence-corrected chi connectivity index (χ0v) is 8.17. The molecule has 0 N–H and O–H groups in total. The molecule has 2 nitrogen and oxygen atoms in total. The Kier molecular flexibility index (Phi) is 5.90. The predicted molar refractivity (Wildman–Crippen MR) is 50.9 cm³/mol. The van der Waals surface area contributed by atoms with E-state index in [1.807, 2.05) is 25.3 Å². The first-order valence-corrected chi connectivity index (χ1v) is 4.36. The molecule has 0 fully saturated rings. The zero-order chi connectivity index (χ0) is 8.69. The quantitative estimate of drug-likeness (QED) is 0.440. The van der Waals surface area contributed by atoms with Gasteiger partial charge < -0.3 is 5.01 Å². The molecule has 11 heavy (non-hydrogen) atoms. The van der Waals surface area contributed by atoms with Gasteiger partial charge in [-0.15, -0.1) is 0 Å². The van der Waals surface area contributed by atoms with Crippen molar-refractivity contribution in [3.63, 3.8) is 0 Å². The molecule has 66 valence electrons. The molecule has 0 aliphatic carbocycles. The topological polar surface area (TPSA) is 15.6 Å². The standard InChI is InChI=1S/C9H20N2/c1-5-9(2)7-6-8-10-11(3)4/h8-9H,5-7H2,1-4H3. The van der Waals surface area contributed by atoms with Crippen LogP contribution >= 0.6 is 0 Å². The SMILES string of the molecule is CCC(C)CCC=NN(C)C. The van der Waals surface area contributed by atoms with Gasteiger partial charge in [-0.2, -0.15) is 5.10 Å². The Hall–Kier alpha value is -0.530. The summed E-state index contributed by atoms with van der Waals surface area (Å²) in [7, 11) is 3.89. The molecule has 1 unspecified atom stereocenters. The molecule has 0 amide bonds. The minimum absolute atomic E-state index is 0.837. The van der Waals surface area contributed by atoms with E-state index in [2.05, 4.69) is 18.9 Å². The first-order valence-electron chi connectivity index (χ1n) is 4.36. The molecule has 0 rings (SSSR count). The number of rotatable bonds is 5. The van der Waals surface area contributed by atoms with Crippen LogP contribution < -0.4 is 0 Å². The molecular formula is C9H20N2. The molecular weight excluding hydrogens is 136 g/mol. The second kappa shape index (κ2) is 6.20. The summed E-state index contributed by atoms with van der Waals surface area (Å²) in [5.74, 6) is 0.837. The molecule has 0 aromatic heterocycles. The smallest absolute Gasteiger partial charge is 0.0245 e. The summed E-state index contributed by atoms with van der Waals surface area (Å²) in [5, 5.41) is 5.97. The largest absolute Gasteiger partial charge is 0.303 e. The van der Waals surface area contributed by atoms with E-state index in [0.717, 1.165) is 12.3 Å². The Bertz CT molecular complexity index is 108. The van der Waals surface area contributed by atoms with Gasteiger partial charge >= 0.3 is 0 Å². The van der Waals surface area contributed by atoms with E-state index in [9.17, 15) is 0 Å². The molecule has 0 spiro atoms. The fraction of sp³-hybridized carbons (Fsp3) is 0.889. The minimum Gasteiger partial charge on any atom is -0.303 e. The van der Waals surface area contributed by atoms with E-state index in [-0.39, 0.29) is 0 Å². The van der Waals surface area contributed by atoms with E-state index in [0.29, 0.717) is 0 Å². The third-order valence-corrected chi connectivity index (χ3v) is 1.80. The highest BCUT2D eigenvalue weighted by molar-refractivity contribution is 5.56. The van der Waals surface area contributed by atoms with Gasteiger partial charge in [-0.3, -0.25) is 0 Å². The van der Waals surface area contributed by atoms with Gasteiger partial charge in [-0.1, -0.05) is 20.3 Å². The van der Waals surface area contributed by atoms with Gasteiger partial charge in [0.25, 0.3) is 0 Å². The minimum atomic E-state index is 0.837. The van der Waals surface area contributed by atoms with Crippen molar-refractivity contribution in [2.75, 3.05) is 14.1 Å². The van der Waals surface area contributed by atoms with Gasteiger partial charge in [0, 0.05) is 20.3 Å². The fourth-order valence-corrected chi connectivity index (χ4v) is 0.784. The highest BCUT2D eigenvalue weighted by Crippen LogP contribution is 2.07. The zero-order valence-electron chi connectivity index (χ0n) is 8.17. The van der Waals surface area contributed by atoms with E-state index in [1.165, 1.54) is 12.8 Å². The lowest BCUT2D eigenvalue weighted by Gasteiger charge is -2.05. The summed E-state index contributed by atoms with van der Waals surface area (Å²) in [5.41, 5.74) is 0. The van der Waals surface area contributed by atoms with Gasteiger partial charge in [-0.05, 0) is 18.8 Å². The van der Waals surface area contributed by atoms with Gasteiger partial charge in [0.05, 0.1) is 0 Å². The summed E-state index contributed by atoms with van der Waals surface area (Å²) in [6.45, 7) is 4.51. The monoisotopic (exact) mass is 156 g/mol. The molecule has 0 heterocycles. The molecule has 0 aliphatic rings. The molecule has 0 bridgehead atoms. The van der Waals surface area contributed by atoms with Gasteiger partial charge in [-0.25, -0.2) is 0 Å². The van der Waals surface area contributed by atoms with Crippen molar-refractivity contribution in [1.29, 1.82) is 0 Å².